The lowest BCUT2D eigenvalue weighted by Gasteiger charge is -2.18. The minimum atomic E-state index is -0.385. The fourth-order valence-corrected chi connectivity index (χ4v) is 2.67. The van der Waals surface area contributed by atoms with E-state index >= 15 is 0 Å². The molecule has 2 aromatic rings. The number of fused-ring (bicyclic) bond motifs is 1. The number of ether oxygens (including phenoxy) is 1. The summed E-state index contributed by atoms with van der Waals surface area (Å²) in [5.74, 6) is 0.457. The van der Waals surface area contributed by atoms with E-state index in [4.69, 9.17) is 16.3 Å². The second-order valence-electron chi connectivity index (χ2n) is 4.73. The van der Waals surface area contributed by atoms with E-state index in [-0.39, 0.29) is 11.3 Å². The molecule has 6 heteroatoms. The number of halogens is 1. The number of carbonyl (C=O) groups excluding carboxylic acids is 1. The zero-order chi connectivity index (χ0) is 14.1. The van der Waals surface area contributed by atoms with E-state index in [1.54, 1.807) is 12.1 Å². The lowest BCUT2D eigenvalue weighted by atomic mass is 10.1. The average Bonchev–Trinajstić information content (AvgIpc) is 2.98. The third-order valence-electron chi connectivity index (χ3n) is 3.48. The normalized spacial score (nSPS) is 14.8. The maximum Gasteiger partial charge on any atom is 0.337 e. The van der Waals surface area contributed by atoms with Crippen LogP contribution in [0.25, 0.3) is 10.9 Å². The van der Waals surface area contributed by atoms with Gasteiger partial charge in [-0.1, -0.05) is 0 Å². The van der Waals surface area contributed by atoms with Gasteiger partial charge in [-0.2, -0.15) is 4.98 Å². The van der Waals surface area contributed by atoms with Crippen LogP contribution in [0.3, 0.4) is 0 Å². The number of esters is 1. The number of rotatable bonds is 2. The number of hydrogen-bond donors (Lipinski definition) is 0. The van der Waals surface area contributed by atoms with Crippen LogP contribution >= 0.6 is 11.6 Å². The number of nitrogens with zero attached hydrogens (tertiary/aromatic N) is 3. The van der Waals surface area contributed by atoms with Crippen molar-refractivity contribution in [2.45, 2.75) is 12.8 Å². The number of benzene rings is 1. The van der Waals surface area contributed by atoms with Crippen LogP contribution in [0.4, 0.5) is 5.82 Å². The van der Waals surface area contributed by atoms with Crippen molar-refractivity contribution in [2.75, 3.05) is 25.1 Å². The maximum absolute atomic E-state index is 11.6. The van der Waals surface area contributed by atoms with Gasteiger partial charge in [0, 0.05) is 18.5 Å². The summed E-state index contributed by atoms with van der Waals surface area (Å²) in [5.41, 5.74) is 1.12. The molecule has 1 aromatic heterocycles. The Morgan fingerprint density at radius 2 is 2.05 bits per heavy atom. The minimum Gasteiger partial charge on any atom is -0.465 e. The molecule has 20 heavy (non-hydrogen) atoms. The van der Waals surface area contributed by atoms with Gasteiger partial charge in [-0.25, -0.2) is 9.78 Å². The van der Waals surface area contributed by atoms with Crippen molar-refractivity contribution in [3.8, 4) is 0 Å². The van der Waals surface area contributed by atoms with Crippen LogP contribution < -0.4 is 4.90 Å². The summed E-state index contributed by atoms with van der Waals surface area (Å²) in [6.07, 6.45) is 2.31. The smallest absolute Gasteiger partial charge is 0.337 e. The van der Waals surface area contributed by atoms with E-state index in [0.29, 0.717) is 11.1 Å². The molecule has 1 fully saturated rings. The highest BCUT2D eigenvalue weighted by molar-refractivity contribution is 6.28. The Morgan fingerprint density at radius 1 is 1.30 bits per heavy atom. The van der Waals surface area contributed by atoms with E-state index in [2.05, 4.69) is 14.9 Å². The van der Waals surface area contributed by atoms with E-state index in [0.717, 1.165) is 37.1 Å². The predicted molar refractivity (Wildman–Crippen MR) is 77.3 cm³/mol. The standard InChI is InChI=1S/C14H14ClN3O2/c1-20-13(19)9-4-5-10-11(8-9)16-14(15)17-12(10)18-6-2-3-7-18/h4-5,8H,2-3,6-7H2,1H3. The second kappa shape index (κ2) is 5.25. The summed E-state index contributed by atoms with van der Waals surface area (Å²) in [4.78, 5) is 22.3. The second-order valence-corrected chi connectivity index (χ2v) is 5.07. The molecule has 5 nitrogen and oxygen atoms in total. The highest BCUT2D eigenvalue weighted by Gasteiger charge is 2.18. The molecular formula is C14H14ClN3O2. The highest BCUT2D eigenvalue weighted by Crippen LogP contribution is 2.28. The van der Waals surface area contributed by atoms with Gasteiger partial charge in [0.2, 0.25) is 5.28 Å². The van der Waals surface area contributed by atoms with Crippen molar-refractivity contribution in [3.63, 3.8) is 0 Å². The Kier molecular flexibility index (Phi) is 3.44. The van der Waals surface area contributed by atoms with Crippen molar-refractivity contribution in [1.29, 1.82) is 0 Å². The quantitative estimate of drug-likeness (QED) is 0.629. The molecule has 0 bridgehead atoms. The first-order valence-electron chi connectivity index (χ1n) is 6.49. The molecule has 0 unspecified atom stereocenters. The molecule has 0 saturated carbocycles. The molecule has 1 aromatic carbocycles. The van der Waals surface area contributed by atoms with Gasteiger partial charge < -0.3 is 9.64 Å². The third-order valence-corrected chi connectivity index (χ3v) is 3.65. The van der Waals surface area contributed by atoms with Gasteiger partial charge in [-0.15, -0.1) is 0 Å². The summed E-state index contributed by atoms with van der Waals surface area (Å²) in [5, 5.41) is 1.10. The highest BCUT2D eigenvalue weighted by atomic mass is 35.5. The molecule has 0 N–H and O–H groups in total. The van der Waals surface area contributed by atoms with Crippen molar-refractivity contribution in [3.05, 3.63) is 29.0 Å². The first kappa shape index (κ1) is 13.1. The summed E-state index contributed by atoms with van der Waals surface area (Å²) in [6, 6.07) is 5.27. The monoisotopic (exact) mass is 291 g/mol. The predicted octanol–water partition coefficient (Wildman–Crippen LogP) is 2.67. The zero-order valence-electron chi connectivity index (χ0n) is 11.1. The Hall–Kier alpha value is -1.88. The lowest BCUT2D eigenvalue weighted by Crippen LogP contribution is -2.19. The molecule has 3 rings (SSSR count). The Labute approximate surface area is 121 Å². The van der Waals surface area contributed by atoms with Crippen LogP contribution in [0, 0.1) is 0 Å². The number of methoxy groups -OCH3 is 1. The Morgan fingerprint density at radius 3 is 2.75 bits per heavy atom. The Balaban J connectivity index is 2.14. The first-order valence-corrected chi connectivity index (χ1v) is 6.87. The van der Waals surface area contributed by atoms with Crippen molar-refractivity contribution >= 4 is 34.3 Å². The van der Waals surface area contributed by atoms with Crippen molar-refractivity contribution in [1.82, 2.24) is 9.97 Å². The fraction of sp³-hybridized carbons (Fsp3) is 0.357. The van der Waals surface area contributed by atoms with Gasteiger partial charge in [0.25, 0.3) is 0 Å². The first-order chi connectivity index (χ1) is 9.69. The van der Waals surface area contributed by atoms with Gasteiger partial charge in [0.15, 0.2) is 0 Å². The maximum atomic E-state index is 11.6. The molecule has 0 amide bonds. The molecule has 1 saturated heterocycles. The van der Waals surface area contributed by atoms with Crippen LogP contribution in [0.2, 0.25) is 5.28 Å². The van der Waals surface area contributed by atoms with Crippen LogP contribution in [0.5, 0.6) is 0 Å². The molecule has 104 valence electrons. The molecule has 0 aliphatic carbocycles. The van der Waals surface area contributed by atoms with Crippen molar-refractivity contribution < 1.29 is 9.53 Å². The molecule has 1 aliphatic rings. The van der Waals surface area contributed by atoms with E-state index in [1.165, 1.54) is 7.11 Å². The van der Waals surface area contributed by atoms with Gasteiger partial charge in [0.1, 0.15) is 5.82 Å². The van der Waals surface area contributed by atoms with Crippen LogP contribution in [-0.4, -0.2) is 36.1 Å². The van der Waals surface area contributed by atoms with Crippen molar-refractivity contribution in [2.24, 2.45) is 0 Å². The van der Waals surface area contributed by atoms with Gasteiger partial charge in [0.05, 0.1) is 18.2 Å². The minimum absolute atomic E-state index is 0.196. The summed E-state index contributed by atoms with van der Waals surface area (Å²) >= 11 is 6.00. The summed E-state index contributed by atoms with van der Waals surface area (Å²) in [6.45, 7) is 1.95. The van der Waals surface area contributed by atoms with Gasteiger partial charge >= 0.3 is 5.97 Å². The zero-order valence-corrected chi connectivity index (χ0v) is 11.9. The molecular weight excluding hydrogens is 278 g/mol. The van der Waals surface area contributed by atoms with Gasteiger partial charge in [-0.3, -0.25) is 0 Å². The SMILES string of the molecule is COC(=O)c1ccc2c(N3CCCC3)nc(Cl)nc2c1. The summed E-state index contributed by atoms with van der Waals surface area (Å²) in [7, 11) is 1.36. The van der Waals surface area contributed by atoms with Crippen LogP contribution in [0.1, 0.15) is 23.2 Å². The number of aromatic nitrogens is 2. The van der Waals surface area contributed by atoms with Crippen LogP contribution in [-0.2, 0) is 4.74 Å². The average molecular weight is 292 g/mol. The van der Waals surface area contributed by atoms with Crippen LogP contribution in [0.15, 0.2) is 18.2 Å². The summed E-state index contributed by atoms with van der Waals surface area (Å²) < 4.78 is 4.72. The fourth-order valence-electron chi connectivity index (χ4n) is 2.50. The molecule has 0 atom stereocenters. The number of anilines is 1. The molecule has 1 aliphatic heterocycles. The molecule has 0 radical (unpaired) electrons. The molecule has 0 spiro atoms. The largest absolute Gasteiger partial charge is 0.465 e. The molecule has 2 heterocycles. The van der Waals surface area contributed by atoms with Gasteiger partial charge in [-0.05, 0) is 42.6 Å². The lowest BCUT2D eigenvalue weighted by molar-refractivity contribution is 0.0601. The number of hydrogen-bond acceptors (Lipinski definition) is 5. The van der Waals surface area contributed by atoms with E-state index in [1.807, 2.05) is 6.07 Å². The number of carbonyl (C=O) groups is 1. The van der Waals surface area contributed by atoms with E-state index < -0.39 is 0 Å². The Bertz CT molecular complexity index is 669. The van der Waals surface area contributed by atoms with E-state index in [9.17, 15) is 4.79 Å². The third kappa shape index (κ3) is 2.29. The topological polar surface area (TPSA) is 55.3 Å².